The van der Waals surface area contributed by atoms with Crippen LogP contribution in [0.25, 0.3) is 0 Å². The van der Waals surface area contributed by atoms with Crippen molar-refractivity contribution in [1.29, 1.82) is 0 Å². The summed E-state index contributed by atoms with van der Waals surface area (Å²) < 4.78 is 11.6. The highest BCUT2D eigenvalue weighted by atomic mass is 16.7. The third-order valence-electron chi connectivity index (χ3n) is 3.92. The Bertz CT molecular complexity index is 554. The molecule has 0 bridgehead atoms. The second-order valence-corrected chi connectivity index (χ2v) is 5.78. The van der Waals surface area contributed by atoms with Crippen molar-refractivity contribution in [2.24, 2.45) is 0 Å². The standard InChI is InChI=1S/C13H16BNO5/c1-12(2)13(3,4)20-14(19-12)11-7-10(15(17)18)6-5-9(11)8-16/h5-8H,1-4H3. The van der Waals surface area contributed by atoms with Gasteiger partial charge < -0.3 is 9.31 Å². The third-order valence-corrected chi connectivity index (χ3v) is 3.92. The number of hydrogen-bond donors (Lipinski definition) is 0. The number of rotatable bonds is 3. The molecule has 0 amide bonds. The van der Waals surface area contributed by atoms with Crippen LogP contribution in [0.15, 0.2) is 18.2 Å². The molecule has 0 saturated carbocycles. The van der Waals surface area contributed by atoms with E-state index in [0.29, 0.717) is 17.3 Å². The minimum absolute atomic E-state index is 0.0969. The fourth-order valence-electron chi connectivity index (χ4n) is 1.96. The van der Waals surface area contributed by atoms with Crippen LogP contribution >= 0.6 is 0 Å². The fraction of sp³-hybridized carbons (Fsp3) is 0.462. The number of carbonyl (C=O) groups excluding carboxylic acids is 1. The summed E-state index contributed by atoms with van der Waals surface area (Å²) in [6.45, 7) is 7.52. The van der Waals surface area contributed by atoms with Gasteiger partial charge in [0.05, 0.1) is 16.1 Å². The molecule has 1 aromatic rings. The molecule has 0 aromatic heterocycles. The highest BCUT2D eigenvalue weighted by molar-refractivity contribution is 6.63. The maximum absolute atomic E-state index is 11.1. The van der Waals surface area contributed by atoms with Crippen LogP contribution in [-0.4, -0.2) is 29.5 Å². The molecular weight excluding hydrogens is 261 g/mol. The average molecular weight is 277 g/mol. The normalized spacial score (nSPS) is 19.9. The molecule has 0 aliphatic carbocycles. The first-order chi connectivity index (χ1) is 9.18. The van der Waals surface area contributed by atoms with Gasteiger partial charge in [0.2, 0.25) is 0 Å². The third kappa shape index (κ3) is 2.34. The van der Waals surface area contributed by atoms with Crippen molar-refractivity contribution >= 4 is 24.6 Å². The molecule has 1 aromatic carbocycles. The molecule has 1 aliphatic rings. The van der Waals surface area contributed by atoms with E-state index in [0.717, 1.165) is 0 Å². The second-order valence-electron chi connectivity index (χ2n) is 5.78. The first-order valence-corrected chi connectivity index (χ1v) is 6.27. The van der Waals surface area contributed by atoms with Gasteiger partial charge in [-0.15, -0.1) is 0 Å². The van der Waals surface area contributed by atoms with Crippen molar-refractivity contribution in [2.75, 3.05) is 0 Å². The zero-order chi connectivity index (χ0) is 15.1. The first-order valence-electron chi connectivity index (χ1n) is 6.27. The minimum Gasteiger partial charge on any atom is -0.399 e. The number of benzene rings is 1. The van der Waals surface area contributed by atoms with Gasteiger partial charge in [0.1, 0.15) is 6.29 Å². The fourth-order valence-corrected chi connectivity index (χ4v) is 1.96. The second kappa shape index (κ2) is 4.68. The van der Waals surface area contributed by atoms with Gasteiger partial charge in [-0.1, -0.05) is 0 Å². The van der Waals surface area contributed by atoms with E-state index in [1.165, 1.54) is 18.2 Å². The van der Waals surface area contributed by atoms with Gasteiger partial charge in [0, 0.05) is 17.7 Å². The summed E-state index contributed by atoms with van der Waals surface area (Å²) in [5.74, 6) is 0. The molecule has 20 heavy (non-hydrogen) atoms. The van der Waals surface area contributed by atoms with Crippen LogP contribution in [0.4, 0.5) is 5.69 Å². The van der Waals surface area contributed by atoms with Crippen LogP contribution in [0, 0.1) is 10.1 Å². The van der Waals surface area contributed by atoms with Crippen molar-refractivity contribution < 1.29 is 19.0 Å². The summed E-state index contributed by atoms with van der Waals surface area (Å²) in [7, 11) is -0.792. The van der Waals surface area contributed by atoms with E-state index in [-0.39, 0.29) is 5.69 Å². The Morgan fingerprint density at radius 2 is 1.75 bits per heavy atom. The van der Waals surface area contributed by atoms with Crippen molar-refractivity contribution in [1.82, 2.24) is 0 Å². The lowest BCUT2D eigenvalue weighted by Crippen LogP contribution is -2.41. The minimum atomic E-state index is -0.792. The Morgan fingerprint density at radius 3 is 2.20 bits per heavy atom. The maximum atomic E-state index is 11.1. The highest BCUT2D eigenvalue weighted by Crippen LogP contribution is 2.36. The molecule has 1 fully saturated rings. The van der Waals surface area contributed by atoms with E-state index >= 15 is 0 Å². The molecule has 0 N–H and O–H groups in total. The molecule has 6 nitrogen and oxygen atoms in total. The van der Waals surface area contributed by atoms with Gasteiger partial charge in [-0.2, -0.15) is 0 Å². The summed E-state index contributed by atoms with van der Waals surface area (Å²) in [5.41, 5.74) is -0.521. The Balaban J connectivity index is 2.45. The topological polar surface area (TPSA) is 78.7 Å². The molecule has 1 saturated heterocycles. The predicted octanol–water partition coefficient (Wildman–Crippen LogP) is 1.71. The van der Waals surface area contributed by atoms with Crippen LogP contribution < -0.4 is 5.46 Å². The van der Waals surface area contributed by atoms with Crippen molar-refractivity contribution in [3.05, 3.63) is 33.9 Å². The Labute approximate surface area is 117 Å². The van der Waals surface area contributed by atoms with Crippen LogP contribution in [0.3, 0.4) is 0 Å². The highest BCUT2D eigenvalue weighted by Gasteiger charge is 2.52. The van der Waals surface area contributed by atoms with Crippen molar-refractivity contribution in [2.45, 2.75) is 38.9 Å². The van der Waals surface area contributed by atoms with Gasteiger partial charge in [-0.05, 0) is 39.2 Å². The number of nitro groups is 1. The zero-order valence-corrected chi connectivity index (χ0v) is 11.9. The predicted molar refractivity (Wildman–Crippen MR) is 74.2 cm³/mol. The first kappa shape index (κ1) is 14.7. The number of carbonyl (C=O) groups is 1. The van der Waals surface area contributed by atoms with Gasteiger partial charge in [0.15, 0.2) is 0 Å². The molecule has 7 heteroatoms. The lowest BCUT2D eigenvalue weighted by atomic mass is 9.76. The molecular formula is C13H16BNO5. The number of nitro benzene ring substituents is 1. The number of non-ortho nitro benzene ring substituents is 1. The largest absolute Gasteiger partial charge is 0.495 e. The number of nitrogens with zero attached hydrogens (tertiary/aromatic N) is 1. The van der Waals surface area contributed by atoms with Gasteiger partial charge in [-0.25, -0.2) is 0 Å². The quantitative estimate of drug-likeness (QED) is 0.363. The molecule has 1 aliphatic heterocycles. The average Bonchev–Trinajstić information content (AvgIpc) is 2.57. The maximum Gasteiger partial charge on any atom is 0.495 e. The smallest absolute Gasteiger partial charge is 0.399 e. The Kier molecular flexibility index (Phi) is 3.43. The lowest BCUT2D eigenvalue weighted by Gasteiger charge is -2.32. The summed E-state index contributed by atoms with van der Waals surface area (Å²) in [6.07, 6.45) is 0.643. The monoisotopic (exact) mass is 277 g/mol. The molecule has 0 unspecified atom stereocenters. The lowest BCUT2D eigenvalue weighted by molar-refractivity contribution is -0.384. The summed E-state index contributed by atoms with van der Waals surface area (Å²) in [5, 5.41) is 10.9. The molecule has 0 spiro atoms. The number of aldehydes is 1. The molecule has 0 atom stereocenters. The van der Waals surface area contributed by atoms with E-state index in [2.05, 4.69) is 0 Å². The van der Waals surface area contributed by atoms with Crippen LogP contribution in [0.5, 0.6) is 0 Å². The summed E-state index contributed by atoms with van der Waals surface area (Å²) in [4.78, 5) is 21.5. The van der Waals surface area contributed by atoms with Crippen LogP contribution in [-0.2, 0) is 9.31 Å². The molecule has 2 rings (SSSR count). The van der Waals surface area contributed by atoms with Gasteiger partial charge in [-0.3, -0.25) is 14.9 Å². The van der Waals surface area contributed by atoms with E-state index in [9.17, 15) is 14.9 Å². The van der Waals surface area contributed by atoms with Crippen molar-refractivity contribution in [3.8, 4) is 0 Å². The SMILES string of the molecule is CC1(C)OB(c2cc([N+](=O)[O-])ccc2C=O)OC1(C)C. The Hall–Kier alpha value is -1.73. The summed E-state index contributed by atoms with van der Waals surface area (Å²) in [6, 6.07) is 4.02. The van der Waals surface area contributed by atoms with E-state index in [4.69, 9.17) is 9.31 Å². The van der Waals surface area contributed by atoms with Gasteiger partial charge in [0.25, 0.3) is 5.69 Å². The molecule has 106 valence electrons. The van der Waals surface area contributed by atoms with Crippen LogP contribution in [0.2, 0.25) is 0 Å². The van der Waals surface area contributed by atoms with E-state index in [1.54, 1.807) is 0 Å². The zero-order valence-electron chi connectivity index (χ0n) is 11.9. The molecule has 0 radical (unpaired) electrons. The van der Waals surface area contributed by atoms with Crippen LogP contribution in [0.1, 0.15) is 38.1 Å². The number of hydrogen-bond acceptors (Lipinski definition) is 5. The Morgan fingerprint density at radius 1 is 1.20 bits per heavy atom. The van der Waals surface area contributed by atoms with E-state index in [1.807, 2.05) is 27.7 Å². The van der Waals surface area contributed by atoms with Crippen molar-refractivity contribution in [3.63, 3.8) is 0 Å². The van der Waals surface area contributed by atoms with Gasteiger partial charge >= 0.3 is 7.12 Å². The summed E-state index contributed by atoms with van der Waals surface area (Å²) >= 11 is 0. The van der Waals surface area contributed by atoms with E-state index < -0.39 is 23.2 Å². The molecule has 1 heterocycles.